The van der Waals surface area contributed by atoms with Crippen molar-refractivity contribution < 1.29 is 27.8 Å². The number of hydrogen-bond acceptors (Lipinski definition) is 2. The summed E-state index contributed by atoms with van der Waals surface area (Å²) in [6, 6.07) is 3.55. The largest absolute Gasteiger partial charge is 0.573 e. The van der Waals surface area contributed by atoms with Gasteiger partial charge in [0.15, 0.2) is 0 Å². The molecule has 0 saturated carbocycles. The smallest absolute Gasteiger partial charge is 0.478 e. The molecule has 0 aliphatic carbocycles. The van der Waals surface area contributed by atoms with Gasteiger partial charge < -0.3 is 9.84 Å². The van der Waals surface area contributed by atoms with Crippen molar-refractivity contribution in [1.82, 2.24) is 0 Å². The molecule has 0 bridgehead atoms. The molecule has 88 valence electrons. The van der Waals surface area contributed by atoms with Gasteiger partial charge >= 0.3 is 12.3 Å². The van der Waals surface area contributed by atoms with E-state index < -0.39 is 18.1 Å². The minimum atomic E-state index is -4.82. The fraction of sp³-hybridized carbons (Fsp3) is 0.300. The van der Waals surface area contributed by atoms with Crippen LogP contribution in [0, 0.1) is 0 Å². The zero-order chi connectivity index (χ0) is 12.3. The van der Waals surface area contributed by atoms with E-state index in [1.54, 1.807) is 6.92 Å². The van der Waals surface area contributed by atoms with Gasteiger partial charge in [-0.25, -0.2) is 4.79 Å². The SMILES string of the molecule is CCc1c(OC(F)(F)F)cccc1C(=O)O. The fourth-order valence-corrected chi connectivity index (χ4v) is 1.35. The molecule has 0 radical (unpaired) electrons. The number of benzene rings is 1. The van der Waals surface area contributed by atoms with Crippen LogP contribution in [0.4, 0.5) is 13.2 Å². The first kappa shape index (κ1) is 12.4. The average Bonchev–Trinajstić information content (AvgIpc) is 2.14. The highest BCUT2D eigenvalue weighted by molar-refractivity contribution is 5.90. The van der Waals surface area contributed by atoms with Gasteiger partial charge in [0.2, 0.25) is 0 Å². The van der Waals surface area contributed by atoms with Gasteiger partial charge in [-0.15, -0.1) is 13.2 Å². The standard InChI is InChI=1S/C10H9F3O3/c1-2-6-7(9(14)15)4-3-5-8(6)16-10(11,12)13/h3-5H,2H2,1H3,(H,14,15). The minimum absolute atomic E-state index is 0.0346. The van der Waals surface area contributed by atoms with Crippen molar-refractivity contribution in [1.29, 1.82) is 0 Å². The van der Waals surface area contributed by atoms with E-state index in [4.69, 9.17) is 5.11 Å². The molecule has 16 heavy (non-hydrogen) atoms. The summed E-state index contributed by atoms with van der Waals surface area (Å²) in [4.78, 5) is 10.8. The van der Waals surface area contributed by atoms with Crippen molar-refractivity contribution in [2.45, 2.75) is 19.7 Å². The van der Waals surface area contributed by atoms with Gasteiger partial charge in [-0.1, -0.05) is 13.0 Å². The Morgan fingerprint density at radius 3 is 2.50 bits per heavy atom. The molecule has 1 rings (SSSR count). The first-order valence-electron chi connectivity index (χ1n) is 4.46. The molecule has 0 aliphatic rings. The summed E-state index contributed by atoms with van der Waals surface area (Å²) in [5.41, 5.74) is -0.142. The fourth-order valence-electron chi connectivity index (χ4n) is 1.35. The minimum Gasteiger partial charge on any atom is -0.478 e. The third-order valence-electron chi connectivity index (χ3n) is 1.94. The molecule has 6 heteroatoms. The molecule has 0 unspecified atom stereocenters. The lowest BCUT2D eigenvalue weighted by atomic mass is 10.0. The molecule has 3 nitrogen and oxygen atoms in total. The van der Waals surface area contributed by atoms with Crippen molar-refractivity contribution in [3.05, 3.63) is 29.3 Å². The van der Waals surface area contributed by atoms with Crippen LogP contribution in [0.3, 0.4) is 0 Å². The maximum Gasteiger partial charge on any atom is 0.573 e. The number of alkyl halides is 3. The van der Waals surface area contributed by atoms with E-state index >= 15 is 0 Å². The van der Waals surface area contributed by atoms with Crippen LogP contribution in [0.15, 0.2) is 18.2 Å². The second kappa shape index (κ2) is 4.42. The van der Waals surface area contributed by atoms with E-state index in [0.717, 1.165) is 6.07 Å². The average molecular weight is 234 g/mol. The van der Waals surface area contributed by atoms with Crippen LogP contribution in [0.1, 0.15) is 22.8 Å². The van der Waals surface area contributed by atoms with Crippen LogP contribution < -0.4 is 4.74 Å². The van der Waals surface area contributed by atoms with E-state index in [2.05, 4.69) is 4.74 Å². The Hall–Kier alpha value is -1.72. The first-order valence-corrected chi connectivity index (χ1v) is 4.46. The van der Waals surface area contributed by atoms with Gasteiger partial charge in [0, 0.05) is 5.56 Å². The highest BCUT2D eigenvalue weighted by atomic mass is 19.4. The quantitative estimate of drug-likeness (QED) is 0.874. The maximum absolute atomic E-state index is 12.0. The summed E-state index contributed by atoms with van der Waals surface area (Å²) in [6.45, 7) is 1.56. The van der Waals surface area contributed by atoms with Crippen molar-refractivity contribution in [3.8, 4) is 5.75 Å². The topological polar surface area (TPSA) is 46.5 Å². The number of halogens is 3. The van der Waals surface area contributed by atoms with E-state index in [1.807, 2.05) is 0 Å². The molecular weight excluding hydrogens is 225 g/mol. The molecule has 0 fully saturated rings. The van der Waals surface area contributed by atoms with Crippen LogP contribution >= 0.6 is 0 Å². The predicted octanol–water partition coefficient (Wildman–Crippen LogP) is 2.85. The molecule has 1 N–H and O–H groups in total. The highest BCUT2D eigenvalue weighted by Crippen LogP contribution is 2.28. The summed E-state index contributed by atoms with van der Waals surface area (Å²) in [5.74, 6) is -1.74. The summed E-state index contributed by atoms with van der Waals surface area (Å²) in [7, 11) is 0. The third kappa shape index (κ3) is 2.88. The Bertz CT molecular complexity index is 399. The summed E-state index contributed by atoms with van der Waals surface area (Å²) < 4.78 is 39.8. The van der Waals surface area contributed by atoms with Crippen LogP contribution in [0.2, 0.25) is 0 Å². The van der Waals surface area contributed by atoms with Crippen LogP contribution in [0.5, 0.6) is 5.75 Å². The molecule has 0 saturated heterocycles. The number of carbonyl (C=O) groups is 1. The van der Waals surface area contributed by atoms with Crippen LogP contribution in [-0.4, -0.2) is 17.4 Å². The predicted molar refractivity (Wildman–Crippen MR) is 49.5 cm³/mol. The zero-order valence-corrected chi connectivity index (χ0v) is 8.34. The summed E-state index contributed by atoms with van der Waals surface area (Å²) in [5, 5.41) is 8.78. The Morgan fingerprint density at radius 2 is 2.06 bits per heavy atom. The summed E-state index contributed by atoms with van der Waals surface area (Å²) >= 11 is 0. The van der Waals surface area contributed by atoms with Crippen molar-refractivity contribution in [2.24, 2.45) is 0 Å². The molecule has 0 aromatic heterocycles. The lowest BCUT2D eigenvalue weighted by Gasteiger charge is -2.13. The monoisotopic (exact) mass is 234 g/mol. The van der Waals surface area contributed by atoms with Crippen molar-refractivity contribution in [2.75, 3.05) is 0 Å². The van der Waals surface area contributed by atoms with Gasteiger partial charge in [-0.2, -0.15) is 0 Å². The number of aromatic carboxylic acids is 1. The van der Waals surface area contributed by atoms with Gasteiger partial charge in [-0.05, 0) is 18.6 Å². The number of carboxylic acids is 1. The van der Waals surface area contributed by atoms with Gasteiger partial charge in [0.25, 0.3) is 0 Å². The molecule has 1 aromatic rings. The molecule has 0 spiro atoms. The molecule has 0 atom stereocenters. The normalized spacial score (nSPS) is 11.2. The molecule has 0 aliphatic heterocycles. The lowest BCUT2D eigenvalue weighted by Crippen LogP contribution is -2.19. The zero-order valence-electron chi connectivity index (χ0n) is 8.34. The van der Waals surface area contributed by atoms with Crippen LogP contribution in [-0.2, 0) is 6.42 Å². The first-order chi connectivity index (χ1) is 7.35. The van der Waals surface area contributed by atoms with E-state index in [0.29, 0.717) is 0 Å². The van der Waals surface area contributed by atoms with Gasteiger partial charge in [-0.3, -0.25) is 0 Å². The van der Waals surface area contributed by atoms with Crippen LogP contribution in [0.25, 0.3) is 0 Å². The second-order valence-corrected chi connectivity index (χ2v) is 2.99. The number of ether oxygens (including phenoxy) is 1. The van der Waals surface area contributed by atoms with Crippen molar-refractivity contribution in [3.63, 3.8) is 0 Å². The molecule has 0 amide bonds. The Morgan fingerprint density at radius 1 is 1.44 bits per heavy atom. The van der Waals surface area contributed by atoms with Gasteiger partial charge in [0.1, 0.15) is 5.75 Å². The summed E-state index contributed by atoms with van der Waals surface area (Å²) in [6.07, 6.45) is -4.67. The second-order valence-electron chi connectivity index (χ2n) is 2.99. The van der Waals surface area contributed by atoms with Gasteiger partial charge in [0.05, 0.1) is 5.56 Å². The van der Waals surface area contributed by atoms with Crippen molar-refractivity contribution >= 4 is 5.97 Å². The number of carboxylic acid groups (broad SMARTS) is 1. The Kier molecular flexibility index (Phi) is 3.41. The Labute approximate surface area is 89.5 Å². The molecule has 1 aromatic carbocycles. The molecular formula is C10H9F3O3. The maximum atomic E-state index is 12.0. The Balaban J connectivity index is 3.19. The van der Waals surface area contributed by atoms with E-state index in [1.165, 1.54) is 12.1 Å². The number of rotatable bonds is 3. The molecule has 0 heterocycles. The highest BCUT2D eigenvalue weighted by Gasteiger charge is 2.32. The number of hydrogen-bond donors (Lipinski definition) is 1. The van der Waals surface area contributed by atoms with E-state index in [-0.39, 0.29) is 17.5 Å². The third-order valence-corrected chi connectivity index (χ3v) is 1.94. The lowest BCUT2D eigenvalue weighted by molar-refractivity contribution is -0.274. The van der Waals surface area contributed by atoms with E-state index in [9.17, 15) is 18.0 Å².